The van der Waals surface area contributed by atoms with Crippen LogP contribution in [0.25, 0.3) is 10.9 Å². The van der Waals surface area contributed by atoms with E-state index in [0.29, 0.717) is 5.69 Å². The van der Waals surface area contributed by atoms with E-state index < -0.39 is 36.0 Å². The molecule has 0 amide bonds. The number of aliphatic hydroxyl groups is 1. The van der Waals surface area contributed by atoms with Gasteiger partial charge >= 0.3 is 6.18 Å². The second kappa shape index (κ2) is 8.47. The van der Waals surface area contributed by atoms with Crippen LogP contribution in [0, 0.1) is 5.82 Å². The number of nitrogens with zero attached hydrogens (tertiary/aromatic N) is 1. The fourth-order valence-electron chi connectivity index (χ4n) is 3.83. The fourth-order valence-corrected chi connectivity index (χ4v) is 3.83. The summed E-state index contributed by atoms with van der Waals surface area (Å²) in [5, 5.41) is 14.2. The van der Waals surface area contributed by atoms with Gasteiger partial charge in [-0.3, -0.25) is 4.98 Å². The molecule has 3 aromatic rings. The van der Waals surface area contributed by atoms with Gasteiger partial charge in [-0.15, -0.1) is 0 Å². The minimum absolute atomic E-state index is 0.0940. The summed E-state index contributed by atoms with van der Waals surface area (Å²) < 4.78 is 60.7. The second-order valence-corrected chi connectivity index (χ2v) is 8.30. The fraction of sp³-hybridized carbons (Fsp3) is 0.409. The monoisotopic (exact) mass is 439 g/mol. The number of pyridine rings is 1. The lowest BCUT2D eigenvalue weighted by molar-refractivity contribution is -0.264. The van der Waals surface area contributed by atoms with E-state index in [1.54, 1.807) is 24.5 Å². The Hall–Kier alpha value is -2.65. The van der Waals surface area contributed by atoms with Crippen molar-refractivity contribution >= 4 is 10.9 Å². The van der Waals surface area contributed by atoms with Gasteiger partial charge in [0.05, 0.1) is 7.11 Å². The van der Waals surface area contributed by atoms with Crippen molar-refractivity contribution in [2.45, 2.75) is 44.0 Å². The predicted octanol–water partition coefficient (Wildman–Crippen LogP) is 4.46. The Labute approximate surface area is 177 Å². The minimum atomic E-state index is -4.90. The lowest BCUT2D eigenvalue weighted by atomic mass is 9.74. The van der Waals surface area contributed by atoms with Crippen LogP contribution in [-0.4, -0.2) is 40.5 Å². The van der Waals surface area contributed by atoms with Crippen molar-refractivity contribution in [3.63, 3.8) is 0 Å². The van der Waals surface area contributed by atoms with Gasteiger partial charge in [0.2, 0.25) is 0 Å². The normalized spacial score (nSPS) is 14.6. The first-order valence-corrected chi connectivity index (χ1v) is 9.71. The summed E-state index contributed by atoms with van der Waals surface area (Å²) in [6.07, 6.45) is -2.33. The van der Waals surface area contributed by atoms with Gasteiger partial charge < -0.3 is 20.1 Å². The summed E-state index contributed by atoms with van der Waals surface area (Å²) in [6, 6.07) is 7.22. The number of ether oxygens (including phenoxy) is 1. The maximum Gasteiger partial charge on any atom is 0.418 e. The van der Waals surface area contributed by atoms with Crippen molar-refractivity contribution in [3.05, 3.63) is 59.8 Å². The number of rotatable bonds is 8. The van der Waals surface area contributed by atoms with Crippen molar-refractivity contribution in [1.82, 2.24) is 15.3 Å². The summed E-state index contributed by atoms with van der Waals surface area (Å²) in [4.78, 5) is 7.09. The van der Waals surface area contributed by atoms with E-state index in [9.17, 15) is 22.7 Å². The first kappa shape index (κ1) is 23.0. The molecule has 0 radical (unpaired) electrons. The molecule has 2 heterocycles. The molecule has 1 unspecified atom stereocenters. The average Bonchev–Trinajstić information content (AvgIpc) is 3.09. The highest BCUT2D eigenvalue weighted by Gasteiger charge is 2.55. The summed E-state index contributed by atoms with van der Waals surface area (Å²) in [5.41, 5.74) is -2.54. The molecule has 3 rings (SSSR count). The second-order valence-electron chi connectivity index (χ2n) is 8.30. The number of fused-ring (bicyclic) bond motifs is 1. The number of hydrogen-bond acceptors (Lipinski definition) is 4. The number of aromatic amines is 1. The van der Waals surface area contributed by atoms with Crippen molar-refractivity contribution in [2.75, 3.05) is 13.7 Å². The molecule has 0 spiro atoms. The average molecular weight is 439 g/mol. The maximum absolute atomic E-state index is 13.9. The van der Waals surface area contributed by atoms with Crippen LogP contribution in [0.15, 0.2) is 42.7 Å². The molecule has 0 saturated carbocycles. The Kier molecular flexibility index (Phi) is 6.29. The molecule has 0 saturated heterocycles. The first-order valence-electron chi connectivity index (χ1n) is 9.71. The van der Waals surface area contributed by atoms with E-state index in [4.69, 9.17) is 4.74 Å². The third-order valence-electron chi connectivity index (χ3n) is 5.36. The Morgan fingerprint density at radius 1 is 1.16 bits per heavy atom. The third-order valence-corrected chi connectivity index (χ3v) is 5.36. The van der Waals surface area contributed by atoms with Gasteiger partial charge in [-0.05, 0) is 42.2 Å². The molecule has 0 aliphatic rings. The first-order chi connectivity index (χ1) is 14.4. The zero-order valence-corrected chi connectivity index (χ0v) is 17.5. The van der Waals surface area contributed by atoms with E-state index >= 15 is 0 Å². The quantitative estimate of drug-likeness (QED) is 0.453. The van der Waals surface area contributed by atoms with Crippen LogP contribution in [0.2, 0.25) is 0 Å². The van der Waals surface area contributed by atoms with E-state index in [1.807, 2.05) is 0 Å². The summed E-state index contributed by atoms with van der Waals surface area (Å²) in [7, 11) is 1.36. The van der Waals surface area contributed by atoms with Crippen molar-refractivity contribution in [1.29, 1.82) is 0 Å². The van der Waals surface area contributed by atoms with Crippen LogP contribution in [0.3, 0.4) is 0 Å². The molecular weight excluding hydrogens is 414 g/mol. The number of aromatic nitrogens is 2. The lowest BCUT2D eigenvalue weighted by Crippen LogP contribution is -2.55. The van der Waals surface area contributed by atoms with Crippen molar-refractivity contribution < 1.29 is 27.4 Å². The lowest BCUT2D eigenvalue weighted by Gasteiger charge is -2.38. The highest BCUT2D eigenvalue weighted by Crippen LogP contribution is 2.43. The number of hydrogen-bond donors (Lipinski definition) is 3. The molecule has 3 N–H and O–H groups in total. The molecule has 31 heavy (non-hydrogen) atoms. The van der Waals surface area contributed by atoms with Gasteiger partial charge in [0, 0.05) is 47.6 Å². The smallest absolute Gasteiger partial charge is 0.418 e. The molecule has 9 heteroatoms. The van der Waals surface area contributed by atoms with E-state index in [2.05, 4.69) is 15.3 Å². The Balaban J connectivity index is 1.79. The number of H-pyrrole nitrogens is 1. The molecule has 0 aliphatic heterocycles. The number of methoxy groups -OCH3 is 1. The summed E-state index contributed by atoms with van der Waals surface area (Å²) in [6.45, 7) is 2.40. The standard InChI is InChI=1S/C22H25F4N3O2/c1-20(2,17-9-15(23)4-5-19(17)31-3)12-21(30,22(24,25)26)13-28-11-16-8-14-10-27-7-6-18(14)29-16/h4-10,28-30H,11-13H2,1-3H3. The van der Waals surface area contributed by atoms with Crippen LogP contribution in [0.5, 0.6) is 5.75 Å². The molecule has 2 aromatic heterocycles. The molecule has 168 valence electrons. The Bertz CT molecular complexity index is 1020. The van der Waals surface area contributed by atoms with Crippen LogP contribution in [0.1, 0.15) is 31.5 Å². The molecule has 5 nitrogen and oxygen atoms in total. The van der Waals surface area contributed by atoms with Crippen LogP contribution in [-0.2, 0) is 12.0 Å². The zero-order valence-electron chi connectivity index (χ0n) is 17.5. The Morgan fingerprint density at radius 3 is 2.55 bits per heavy atom. The summed E-state index contributed by atoms with van der Waals surface area (Å²) in [5.74, 6) is -0.332. The molecule has 1 atom stereocenters. The van der Waals surface area contributed by atoms with Gasteiger partial charge in [0.1, 0.15) is 11.6 Å². The zero-order chi connectivity index (χ0) is 22.9. The minimum Gasteiger partial charge on any atom is -0.496 e. The van der Waals surface area contributed by atoms with E-state index in [-0.39, 0.29) is 17.9 Å². The Morgan fingerprint density at radius 2 is 1.90 bits per heavy atom. The maximum atomic E-state index is 13.9. The molecule has 0 bridgehead atoms. The van der Waals surface area contributed by atoms with Gasteiger partial charge in [0.15, 0.2) is 5.60 Å². The number of halogens is 4. The molecule has 1 aromatic carbocycles. The van der Waals surface area contributed by atoms with Gasteiger partial charge in [-0.2, -0.15) is 13.2 Å². The molecular formula is C22H25F4N3O2. The number of benzene rings is 1. The number of alkyl halides is 3. The largest absolute Gasteiger partial charge is 0.496 e. The SMILES string of the molecule is COc1ccc(F)cc1C(C)(C)CC(O)(CNCc1cc2cnccc2[nH]1)C(F)(F)F. The van der Waals surface area contributed by atoms with Gasteiger partial charge in [-0.25, -0.2) is 4.39 Å². The molecule has 0 fully saturated rings. The topological polar surface area (TPSA) is 70.2 Å². The highest BCUT2D eigenvalue weighted by molar-refractivity contribution is 5.79. The predicted molar refractivity (Wildman–Crippen MR) is 109 cm³/mol. The van der Waals surface area contributed by atoms with E-state index in [1.165, 1.54) is 33.1 Å². The van der Waals surface area contributed by atoms with Gasteiger partial charge in [-0.1, -0.05) is 13.8 Å². The van der Waals surface area contributed by atoms with Crippen LogP contribution < -0.4 is 10.1 Å². The third kappa shape index (κ3) is 4.99. The highest BCUT2D eigenvalue weighted by atomic mass is 19.4. The van der Waals surface area contributed by atoms with E-state index in [0.717, 1.165) is 17.0 Å². The van der Waals surface area contributed by atoms with Crippen molar-refractivity contribution in [3.8, 4) is 5.75 Å². The van der Waals surface area contributed by atoms with Gasteiger partial charge in [0.25, 0.3) is 0 Å². The van der Waals surface area contributed by atoms with Crippen molar-refractivity contribution in [2.24, 2.45) is 0 Å². The van der Waals surface area contributed by atoms with Crippen LogP contribution in [0.4, 0.5) is 17.6 Å². The molecule has 0 aliphatic carbocycles. The number of nitrogens with one attached hydrogen (secondary N) is 2. The summed E-state index contributed by atoms with van der Waals surface area (Å²) >= 11 is 0. The van der Waals surface area contributed by atoms with Crippen LogP contribution >= 0.6 is 0 Å².